The number of benzene rings is 2. The van der Waals surface area contributed by atoms with Gasteiger partial charge in [0.15, 0.2) is 5.44 Å². The van der Waals surface area contributed by atoms with Crippen molar-refractivity contribution in [1.82, 2.24) is 4.90 Å². The number of thioether (sulfide) groups is 1. The fourth-order valence-electron chi connectivity index (χ4n) is 2.61. The van der Waals surface area contributed by atoms with Crippen molar-refractivity contribution < 1.29 is 32.3 Å². The molecule has 0 saturated carbocycles. The lowest BCUT2D eigenvalue weighted by Crippen LogP contribution is -2.39. The molecule has 0 spiro atoms. The summed E-state index contributed by atoms with van der Waals surface area (Å²) in [5.41, 5.74) is -0.157. The summed E-state index contributed by atoms with van der Waals surface area (Å²) in [6, 6.07) is 12.9. The number of nitrogens with zero attached hydrogens (tertiary/aromatic N) is 1. The predicted octanol–water partition coefficient (Wildman–Crippen LogP) is 3.81. The molecule has 1 heterocycles. The van der Waals surface area contributed by atoms with Crippen molar-refractivity contribution in [1.29, 1.82) is 0 Å². The van der Waals surface area contributed by atoms with Crippen molar-refractivity contribution in [2.45, 2.75) is 23.4 Å². The summed E-state index contributed by atoms with van der Waals surface area (Å²) in [4.78, 5) is 37.6. The van der Waals surface area contributed by atoms with Gasteiger partial charge in [-0.1, -0.05) is 41.6 Å². The fraction of sp³-hybridized carbons (Fsp3) is 0.211. The number of esters is 1. The van der Waals surface area contributed by atoms with Gasteiger partial charge in [-0.15, -0.1) is 0 Å². The van der Waals surface area contributed by atoms with Gasteiger partial charge in [0.1, 0.15) is 0 Å². The van der Waals surface area contributed by atoms with Gasteiger partial charge in [0, 0.05) is 4.90 Å². The lowest BCUT2D eigenvalue weighted by atomic mass is 10.1. The summed E-state index contributed by atoms with van der Waals surface area (Å²) >= 11 is 0.822. The van der Waals surface area contributed by atoms with E-state index in [0.717, 1.165) is 22.2 Å². The summed E-state index contributed by atoms with van der Waals surface area (Å²) in [6.07, 6.45) is -5.19. The Hall–Kier alpha value is -2.81. The van der Waals surface area contributed by atoms with Gasteiger partial charge >= 0.3 is 12.1 Å². The molecule has 2 aromatic carbocycles. The Morgan fingerprint density at radius 3 is 2.07 bits per heavy atom. The van der Waals surface area contributed by atoms with Crippen molar-refractivity contribution >= 4 is 29.5 Å². The highest BCUT2D eigenvalue weighted by molar-refractivity contribution is 7.99. The van der Waals surface area contributed by atoms with Gasteiger partial charge in [-0.25, -0.2) is 4.79 Å². The van der Waals surface area contributed by atoms with E-state index >= 15 is 0 Å². The minimum absolute atomic E-state index is 0.161. The van der Waals surface area contributed by atoms with Gasteiger partial charge in [-0.3, -0.25) is 14.5 Å². The maximum atomic E-state index is 12.7. The van der Waals surface area contributed by atoms with Crippen LogP contribution in [0.2, 0.25) is 0 Å². The van der Waals surface area contributed by atoms with Gasteiger partial charge in [0.05, 0.1) is 17.7 Å². The molecular weight excluding hydrogens is 395 g/mol. The monoisotopic (exact) mass is 409 g/mol. The largest absolute Gasteiger partial charge is 0.490 e. The summed E-state index contributed by atoms with van der Waals surface area (Å²) in [5, 5.41) is 0. The SMILES string of the molecule is Cc1ccc(SC(CN2C(=O)c3ccccc3C2=O)OC(=O)C(F)(F)F)cc1. The highest BCUT2D eigenvalue weighted by atomic mass is 32.2. The quantitative estimate of drug-likeness (QED) is 0.325. The first-order chi connectivity index (χ1) is 13.2. The van der Waals surface area contributed by atoms with Crippen molar-refractivity contribution in [2.75, 3.05) is 6.54 Å². The number of imide groups is 1. The molecule has 0 radical (unpaired) electrons. The third-order valence-corrected chi connectivity index (χ3v) is 5.02. The lowest BCUT2D eigenvalue weighted by molar-refractivity contribution is -0.201. The van der Waals surface area contributed by atoms with Crippen molar-refractivity contribution in [2.24, 2.45) is 0 Å². The van der Waals surface area contributed by atoms with Crippen LogP contribution in [0.4, 0.5) is 13.2 Å². The van der Waals surface area contributed by atoms with Crippen LogP contribution >= 0.6 is 11.8 Å². The Morgan fingerprint density at radius 2 is 1.57 bits per heavy atom. The molecule has 1 unspecified atom stereocenters. The minimum Gasteiger partial charge on any atom is -0.442 e. The van der Waals surface area contributed by atoms with Crippen LogP contribution in [-0.4, -0.2) is 40.8 Å². The first-order valence-electron chi connectivity index (χ1n) is 8.13. The fourth-order valence-corrected chi connectivity index (χ4v) is 3.56. The van der Waals surface area contributed by atoms with Crippen LogP contribution in [-0.2, 0) is 9.53 Å². The van der Waals surface area contributed by atoms with Crippen LogP contribution in [0.3, 0.4) is 0 Å². The number of hydrogen-bond acceptors (Lipinski definition) is 5. The summed E-state index contributed by atoms with van der Waals surface area (Å²) in [7, 11) is 0. The van der Waals surface area contributed by atoms with E-state index in [2.05, 4.69) is 4.74 Å². The third kappa shape index (κ3) is 4.19. The van der Waals surface area contributed by atoms with Crippen LogP contribution in [0, 0.1) is 6.92 Å². The smallest absolute Gasteiger partial charge is 0.442 e. The number of carbonyl (C=O) groups is 3. The van der Waals surface area contributed by atoms with Gasteiger partial charge in [0.25, 0.3) is 11.8 Å². The highest BCUT2D eigenvalue weighted by Gasteiger charge is 2.44. The predicted molar refractivity (Wildman–Crippen MR) is 94.8 cm³/mol. The van der Waals surface area contributed by atoms with Gasteiger partial charge in [0.2, 0.25) is 0 Å². The number of carbonyl (C=O) groups excluding carboxylic acids is 3. The molecule has 0 fully saturated rings. The molecule has 0 N–H and O–H groups in total. The second kappa shape index (κ2) is 7.67. The maximum Gasteiger partial charge on any atom is 0.490 e. The molecule has 146 valence electrons. The Bertz CT molecular complexity index is 893. The average Bonchev–Trinajstić information content (AvgIpc) is 2.88. The molecule has 0 saturated heterocycles. The normalized spacial score (nSPS) is 14.8. The van der Waals surface area contributed by atoms with Crippen LogP contribution < -0.4 is 0 Å². The molecule has 1 aliphatic rings. The molecule has 0 bridgehead atoms. The number of halogens is 3. The Labute approximate surface area is 162 Å². The summed E-state index contributed by atoms with van der Waals surface area (Å²) < 4.78 is 42.5. The zero-order valence-electron chi connectivity index (χ0n) is 14.5. The second-order valence-corrected chi connectivity index (χ2v) is 7.26. The molecule has 5 nitrogen and oxygen atoms in total. The third-order valence-electron chi connectivity index (χ3n) is 3.97. The van der Waals surface area contributed by atoms with E-state index in [1.165, 1.54) is 12.1 Å². The second-order valence-electron chi connectivity index (χ2n) is 6.03. The van der Waals surface area contributed by atoms with E-state index in [1.807, 2.05) is 6.92 Å². The molecule has 1 aliphatic heterocycles. The topological polar surface area (TPSA) is 63.7 Å². The van der Waals surface area contributed by atoms with E-state index < -0.39 is 35.9 Å². The van der Waals surface area contributed by atoms with E-state index in [1.54, 1.807) is 36.4 Å². The van der Waals surface area contributed by atoms with E-state index in [4.69, 9.17) is 0 Å². The summed E-state index contributed by atoms with van der Waals surface area (Å²) in [6.45, 7) is 1.33. The molecule has 28 heavy (non-hydrogen) atoms. The van der Waals surface area contributed by atoms with E-state index in [0.29, 0.717) is 4.90 Å². The van der Waals surface area contributed by atoms with Crippen LogP contribution in [0.1, 0.15) is 26.3 Å². The number of fused-ring (bicyclic) bond motifs is 1. The van der Waals surface area contributed by atoms with E-state index in [-0.39, 0.29) is 11.1 Å². The number of rotatable bonds is 5. The standard InChI is InChI=1S/C19H14F3NO4S/c1-11-6-8-12(9-7-11)28-15(27-18(26)19(20,21)22)10-23-16(24)13-4-2-3-5-14(13)17(23)25/h2-9,15H,10H2,1H3. The van der Waals surface area contributed by atoms with Crippen molar-refractivity contribution in [3.8, 4) is 0 Å². The van der Waals surface area contributed by atoms with Gasteiger partial charge in [-0.05, 0) is 31.2 Å². The molecule has 9 heteroatoms. The zero-order chi connectivity index (χ0) is 20.5. The molecule has 2 amide bonds. The van der Waals surface area contributed by atoms with Crippen molar-refractivity contribution in [3.63, 3.8) is 0 Å². The molecule has 0 aromatic heterocycles. The van der Waals surface area contributed by atoms with Crippen LogP contribution in [0.5, 0.6) is 0 Å². The van der Waals surface area contributed by atoms with Gasteiger partial charge in [-0.2, -0.15) is 13.2 Å². The maximum absolute atomic E-state index is 12.7. The van der Waals surface area contributed by atoms with E-state index in [9.17, 15) is 27.6 Å². The number of ether oxygens (including phenoxy) is 1. The first-order valence-corrected chi connectivity index (χ1v) is 9.01. The van der Waals surface area contributed by atoms with Gasteiger partial charge < -0.3 is 4.74 Å². The minimum atomic E-state index is -5.19. The average molecular weight is 409 g/mol. The van der Waals surface area contributed by atoms with Crippen molar-refractivity contribution in [3.05, 3.63) is 65.2 Å². The zero-order valence-corrected chi connectivity index (χ0v) is 15.3. The van der Waals surface area contributed by atoms with Crippen LogP contribution in [0.25, 0.3) is 0 Å². The Morgan fingerprint density at radius 1 is 1.04 bits per heavy atom. The number of amides is 2. The lowest BCUT2D eigenvalue weighted by Gasteiger charge is -2.23. The molecule has 0 aliphatic carbocycles. The highest BCUT2D eigenvalue weighted by Crippen LogP contribution is 2.30. The number of alkyl halides is 3. The summed E-state index contributed by atoms with van der Waals surface area (Å²) in [5.74, 6) is -3.66. The molecule has 1 atom stereocenters. The van der Waals surface area contributed by atoms with Crippen LogP contribution in [0.15, 0.2) is 53.4 Å². The Kier molecular flexibility index (Phi) is 5.46. The first kappa shape index (κ1) is 19.9. The number of hydrogen-bond donors (Lipinski definition) is 0. The molecule has 2 aromatic rings. The molecule has 3 rings (SSSR count). The number of aryl methyl sites for hydroxylation is 1. The molecular formula is C19H14F3NO4S. The Balaban J connectivity index is 1.82.